The maximum absolute atomic E-state index is 3.22. The topological polar surface area (TPSA) is 0 Å². The maximum Gasteiger partial charge on any atom is 0 e. The van der Waals surface area contributed by atoms with Gasteiger partial charge in [0.25, 0.3) is 0 Å². The predicted molar refractivity (Wildman–Crippen MR) is 19.4 cm³/mol. The summed E-state index contributed by atoms with van der Waals surface area (Å²) in [5, 5.41) is 0. The van der Waals surface area contributed by atoms with Crippen molar-refractivity contribution in [1.82, 2.24) is 0 Å². The van der Waals surface area contributed by atoms with Gasteiger partial charge in [0.1, 0.15) is 0 Å². The average Bonchev–Trinajstić information content (AvgIpc) is 1.00. The van der Waals surface area contributed by atoms with Gasteiger partial charge in [0.05, 0.1) is 0 Å². The van der Waals surface area contributed by atoms with Crippen molar-refractivity contribution in [2.45, 2.75) is 0 Å². The third-order valence-electron chi connectivity index (χ3n) is 0. The largest absolute Gasteiger partial charge is 0.319 e. The summed E-state index contributed by atoms with van der Waals surface area (Å²) in [6.45, 7) is 0. The molecule has 0 nitrogen and oxygen atoms in total. The van der Waals surface area contributed by atoms with E-state index in [1.165, 1.54) is 0 Å². The van der Waals surface area contributed by atoms with Crippen LogP contribution < -0.4 is 0 Å². The molecule has 0 aliphatic heterocycles. The van der Waals surface area contributed by atoms with E-state index in [1.807, 2.05) is 22.6 Å². The van der Waals surface area contributed by atoms with Crippen LogP contribution in [0.15, 0.2) is 0 Å². The van der Waals surface area contributed by atoms with Crippen LogP contribution >= 0.6 is 22.6 Å². The molecule has 0 saturated carbocycles. The van der Waals surface area contributed by atoms with Crippen LogP contribution in [0, 0.1) is 4.93 Å². The van der Waals surface area contributed by atoms with Gasteiger partial charge in [-0.05, 0) is 0 Å². The van der Waals surface area contributed by atoms with Crippen LogP contribution in [0.3, 0.4) is 0 Å². The summed E-state index contributed by atoms with van der Waals surface area (Å²) in [5.74, 6) is 0. The molecule has 0 bridgehead atoms. The van der Waals surface area contributed by atoms with Crippen molar-refractivity contribution in [1.29, 1.82) is 0 Å². The molecule has 0 spiro atoms. The molecule has 0 unspecified atom stereocenters. The zero-order chi connectivity index (χ0) is 2.00. The number of hydrogen-bond acceptors (Lipinski definition) is 0. The van der Waals surface area contributed by atoms with Crippen LogP contribution in [0.1, 0.15) is 0 Å². The van der Waals surface area contributed by atoms with Gasteiger partial charge < -0.3 is 22.6 Å². The summed E-state index contributed by atoms with van der Waals surface area (Å²) in [6, 6.07) is 0. The second-order valence-electron chi connectivity index (χ2n) is 0. The van der Waals surface area contributed by atoms with Crippen molar-refractivity contribution in [3.8, 4) is 0 Å². The summed E-state index contributed by atoms with van der Waals surface area (Å²) in [7, 11) is 0. The molecule has 0 saturated heterocycles. The first-order chi connectivity index (χ1) is 1.00. The van der Waals surface area contributed by atoms with Crippen molar-refractivity contribution < 1.29 is 55.7 Å². The molecule has 0 aliphatic rings. The molecule has 0 amide bonds. The molecule has 0 aromatic rings. The van der Waals surface area contributed by atoms with E-state index < -0.39 is 0 Å². The normalized spacial score (nSPS) is 1.20. The second-order valence-corrected chi connectivity index (χ2v) is 0. The van der Waals surface area contributed by atoms with E-state index in [0.717, 1.165) is 0 Å². The van der Waals surface area contributed by atoms with Crippen LogP contribution in [0.25, 0.3) is 0 Å². The fourth-order valence-electron chi connectivity index (χ4n) is 0. The number of hydrogen-bond donors (Lipinski definition) is 0. The summed E-state index contributed by atoms with van der Waals surface area (Å²) in [4.78, 5) is 3.22. The average molecular weight is 294 g/mol. The van der Waals surface area contributed by atoms with Crippen LogP contribution in [0.5, 0.6) is 0 Å². The fourth-order valence-corrected chi connectivity index (χ4v) is 0. The minimum absolute atomic E-state index is 0. The van der Waals surface area contributed by atoms with Crippen molar-refractivity contribution in [2.75, 3.05) is 0 Å². The van der Waals surface area contributed by atoms with Crippen molar-refractivity contribution >= 4 is 22.6 Å². The summed E-state index contributed by atoms with van der Waals surface area (Å²) in [6.07, 6.45) is 0. The molecule has 0 fully saturated rings. The first kappa shape index (κ1) is 25.9. The Morgan fingerprint density at radius 2 is 0.800 bits per heavy atom. The van der Waals surface area contributed by atoms with Crippen LogP contribution in [-0.2, 0) is 55.7 Å². The van der Waals surface area contributed by atoms with E-state index in [-0.39, 0.29) is 55.7 Å². The van der Waals surface area contributed by atoms with E-state index in [0.29, 0.717) is 0 Å². The van der Waals surface area contributed by atoms with E-state index in [4.69, 9.17) is 0 Å². The molecule has 0 atom stereocenters. The molecule has 0 aromatic heterocycles. The Morgan fingerprint density at radius 1 is 0.800 bits per heavy atom. The van der Waals surface area contributed by atoms with Crippen molar-refractivity contribution in [3.05, 3.63) is 4.93 Å². The SMILES string of the molecule is [CH2-]I.[V].[V].[V]. The van der Waals surface area contributed by atoms with Crippen LogP contribution in [0.4, 0.5) is 0 Å². The molecule has 4 heteroatoms. The van der Waals surface area contributed by atoms with Crippen LogP contribution in [0.2, 0.25) is 0 Å². The van der Waals surface area contributed by atoms with Gasteiger partial charge in [-0.15, -0.1) is 0 Å². The number of rotatable bonds is 0. The molecular formula is CH2IV3-. The minimum atomic E-state index is 0. The minimum Gasteiger partial charge on any atom is -0.319 e. The van der Waals surface area contributed by atoms with E-state index in [2.05, 4.69) is 4.93 Å². The molecule has 0 N–H and O–H groups in total. The zero-order valence-corrected chi connectivity index (χ0v) is 8.77. The molecule has 0 heterocycles. The molecule has 5 heavy (non-hydrogen) atoms. The van der Waals surface area contributed by atoms with Gasteiger partial charge in [0.15, 0.2) is 0 Å². The summed E-state index contributed by atoms with van der Waals surface area (Å²) >= 11 is 1.90. The standard InChI is InChI=1S/CH2I.3V/c1-2;;;/h1H2;;;/q-1;;;. The second kappa shape index (κ2) is 31.6. The van der Waals surface area contributed by atoms with Gasteiger partial charge in [-0.1, -0.05) is 0 Å². The molecule has 0 aliphatic carbocycles. The Hall–Kier alpha value is 2.48. The molecule has 29 valence electrons. The zero-order valence-electron chi connectivity index (χ0n) is 2.43. The van der Waals surface area contributed by atoms with Crippen molar-refractivity contribution in [3.63, 3.8) is 0 Å². The Balaban J connectivity index is -0.00000000167. The quantitative estimate of drug-likeness (QED) is 0.465. The van der Waals surface area contributed by atoms with E-state index >= 15 is 0 Å². The first-order valence-electron chi connectivity index (χ1n) is 0.267. The molecule has 0 aromatic carbocycles. The van der Waals surface area contributed by atoms with Crippen molar-refractivity contribution in [2.24, 2.45) is 0 Å². The smallest absolute Gasteiger partial charge is 0 e. The maximum atomic E-state index is 3.22. The molecule has 3 radical (unpaired) electrons. The van der Waals surface area contributed by atoms with E-state index in [1.54, 1.807) is 0 Å². The molecular weight excluding hydrogens is 292 g/mol. The third kappa shape index (κ3) is 21.1. The first-order valence-corrected chi connectivity index (χ1v) is 1.79. The van der Waals surface area contributed by atoms with Gasteiger partial charge in [-0.3, -0.25) is 4.93 Å². The Labute approximate surface area is 82.0 Å². The summed E-state index contributed by atoms with van der Waals surface area (Å²) in [5.41, 5.74) is 0. The van der Waals surface area contributed by atoms with Gasteiger partial charge in [-0.2, -0.15) is 0 Å². The molecule has 0 rings (SSSR count). The Morgan fingerprint density at radius 3 is 0.800 bits per heavy atom. The number of halogens is 1. The van der Waals surface area contributed by atoms with Gasteiger partial charge >= 0.3 is 0 Å². The van der Waals surface area contributed by atoms with Gasteiger partial charge in [0.2, 0.25) is 0 Å². The third-order valence-corrected chi connectivity index (χ3v) is 0. The monoisotopic (exact) mass is 294 g/mol. The summed E-state index contributed by atoms with van der Waals surface area (Å²) < 4.78 is 0. The van der Waals surface area contributed by atoms with Gasteiger partial charge in [0, 0.05) is 55.7 Å². The van der Waals surface area contributed by atoms with Crippen LogP contribution in [-0.4, -0.2) is 0 Å². The predicted octanol–water partition coefficient (Wildman–Crippen LogP) is 1.21. The Bertz CT molecular complexity index is 6.85. The van der Waals surface area contributed by atoms with E-state index in [9.17, 15) is 0 Å². The van der Waals surface area contributed by atoms with Gasteiger partial charge in [-0.25, -0.2) is 0 Å². The fraction of sp³-hybridized carbons (Fsp3) is 0. The Kier molecular flexibility index (Phi) is 164.